The number of para-hydroxylation sites is 1. The zero-order valence-corrected chi connectivity index (χ0v) is 17.3. The molecule has 4 rings (SSSR count). The summed E-state index contributed by atoms with van der Waals surface area (Å²) in [5.41, 5.74) is 2.60. The van der Waals surface area contributed by atoms with Gasteiger partial charge < -0.3 is 9.80 Å². The van der Waals surface area contributed by atoms with Crippen LogP contribution in [0.4, 0.5) is 10.1 Å². The van der Waals surface area contributed by atoms with E-state index in [0.29, 0.717) is 6.42 Å². The van der Waals surface area contributed by atoms with Crippen molar-refractivity contribution in [3.63, 3.8) is 0 Å². The van der Waals surface area contributed by atoms with Crippen molar-refractivity contribution in [3.8, 4) is 0 Å². The molecule has 4 atom stereocenters. The Morgan fingerprint density at radius 1 is 1.14 bits per heavy atom. The van der Waals surface area contributed by atoms with Crippen LogP contribution in [0.3, 0.4) is 0 Å². The first kappa shape index (κ1) is 19.5. The fourth-order valence-electron chi connectivity index (χ4n) is 5.06. The zero-order chi connectivity index (χ0) is 20.6. The highest BCUT2D eigenvalue weighted by atomic mass is 19.1. The molecule has 0 amide bonds. The van der Waals surface area contributed by atoms with Crippen LogP contribution in [0.5, 0.6) is 0 Å². The third-order valence-corrected chi connectivity index (χ3v) is 6.43. The van der Waals surface area contributed by atoms with Gasteiger partial charge in [0.1, 0.15) is 11.8 Å². The summed E-state index contributed by atoms with van der Waals surface area (Å²) in [7, 11) is 0. The van der Waals surface area contributed by atoms with Crippen LogP contribution in [-0.4, -0.2) is 16.7 Å². The lowest BCUT2D eigenvalue weighted by Crippen LogP contribution is -2.60. The summed E-state index contributed by atoms with van der Waals surface area (Å²) in [6.45, 7) is 12.2. The normalized spacial score (nSPS) is 31.0. The highest BCUT2D eigenvalue weighted by Gasteiger charge is 2.58. The van der Waals surface area contributed by atoms with E-state index in [1.165, 1.54) is 0 Å². The lowest BCUT2D eigenvalue weighted by Gasteiger charge is -2.53. The van der Waals surface area contributed by atoms with Gasteiger partial charge in [-0.2, -0.15) is 0 Å². The Morgan fingerprint density at radius 2 is 1.83 bits per heavy atom. The molecule has 1 aromatic carbocycles. The van der Waals surface area contributed by atoms with E-state index in [1.807, 2.05) is 55.5 Å². The van der Waals surface area contributed by atoms with E-state index in [4.69, 9.17) is 0 Å². The van der Waals surface area contributed by atoms with Gasteiger partial charge in [-0.1, -0.05) is 69.5 Å². The molecule has 2 aliphatic heterocycles. The maximum Gasteiger partial charge on any atom is 0.144 e. The molecule has 1 saturated heterocycles. The van der Waals surface area contributed by atoms with Gasteiger partial charge in [-0.15, -0.1) is 0 Å². The van der Waals surface area contributed by atoms with E-state index >= 15 is 4.39 Å². The number of piperidine rings is 1. The molecule has 3 aliphatic rings. The van der Waals surface area contributed by atoms with E-state index < -0.39 is 5.67 Å². The SMILES string of the molecule is C=CC1=C(C=C)N(c2ccccc2)C2C(C)C(F)(C=CCC)C3CC=CC=C3N12. The first-order chi connectivity index (χ1) is 14.1. The summed E-state index contributed by atoms with van der Waals surface area (Å²) >= 11 is 0. The number of fused-ring (bicyclic) bond motifs is 3. The molecule has 150 valence electrons. The molecule has 0 bridgehead atoms. The van der Waals surface area contributed by atoms with Crippen molar-refractivity contribution in [2.45, 2.75) is 38.5 Å². The van der Waals surface area contributed by atoms with Crippen LogP contribution in [0.1, 0.15) is 26.7 Å². The number of nitrogens with zero attached hydrogens (tertiary/aromatic N) is 2. The van der Waals surface area contributed by atoms with Crippen LogP contribution in [0.2, 0.25) is 0 Å². The Hall–Kier alpha value is -2.81. The van der Waals surface area contributed by atoms with E-state index in [9.17, 15) is 0 Å². The molecule has 1 aromatic rings. The first-order valence-corrected chi connectivity index (χ1v) is 10.4. The minimum Gasteiger partial charge on any atom is -0.321 e. The highest BCUT2D eigenvalue weighted by molar-refractivity contribution is 5.63. The van der Waals surface area contributed by atoms with E-state index in [-0.39, 0.29) is 18.0 Å². The quantitative estimate of drug-likeness (QED) is 0.531. The summed E-state index contributed by atoms with van der Waals surface area (Å²) in [6.07, 6.45) is 15.1. The average Bonchev–Trinajstić information content (AvgIpc) is 3.11. The maximum atomic E-state index is 16.8. The summed E-state index contributed by atoms with van der Waals surface area (Å²) in [6, 6.07) is 10.2. The largest absolute Gasteiger partial charge is 0.321 e. The predicted octanol–water partition coefficient (Wildman–Crippen LogP) is 6.50. The van der Waals surface area contributed by atoms with Crippen LogP contribution in [0.15, 0.2) is 103 Å². The molecule has 1 aliphatic carbocycles. The van der Waals surface area contributed by atoms with Gasteiger partial charge in [-0.25, -0.2) is 4.39 Å². The molecule has 1 fully saturated rings. The van der Waals surface area contributed by atoms with E-state index in [1.54, 1.807) is 0 Å². The van der Waals surface area contributed by atoms with Gasteiger partial charge in [-0.3, -0.25) is 0 Å². The molecule has 2 nitrogen and oxygen atoms in total. The van der Waals surface area contributed by atoms with Gasteiger partial charge in [0.2, 0.25) is 0 Å². The van der Waals surface area contributed by atoms with Crippen molar-refractivity contribution in [3.05, 3.63) is 103 Å². The number of rotatable bonds is 5. The molecule has 2 heterocycles. The minimum atomic E-state index is -1.43. The van der Waals surface area contributed by atoms with Crippen molar-refractivity contribution in [1.29, 1.82) is 0 Å². The topological polar surface area (TPSA) is 6.48 Å². The Bertz CT molecular complexity index is 923. The molecule has 0 saturated carbocycles. The monoisotopic (exact) mass is 388 g/mol. The fraction of sp³-hybridized carbons (Fsp3) is 0.308. The Kier molecular flexibility index (Phi) is 5.08. The van der Waals surface area contributed by atoms with Gasteiger partial charge in [-0.05, 0) is 43.2 Å². The Balaban J connectivity index is 1.94. The third-order valence-electron chi connectivity index (χ3n) is 6.43. The molecule has 3 heteroatoms. The highest BCUT2D eigenvalue weighted by Crippen LogP contribution is 2.55. The van der Waals surface area contributed by atoms with Crippen molar-refractivity contribution >= 4 is 5.69 Å². The third kappa shape index (κ3) is 2.83. The fourth-order valence-corrected chi connectivity index (χ4v) is 5.06. The summed E-state index contributed by atoms with van der Waals surface area (Å²) in [5.74, 6) is -0.468. The second-order valence-electron chi connectivity index (χ2n) is 7.90. The number of anilines is 1. The lowest BCUT2D eigenvalue weighted by molar-refractivity contribution is 0.000523. The standard InChI is InChI=1S/C26H29FN2/c1-5-8-18-26(27)19(4)25-28(20-14-10-9-11-15-20)22(6-2)23(7-3)29(25)24-17-13-12-16-21(24)26/h6-15,17-19,21,25H,2-3,5,16H2,1,4H3. The molecule has 0 radical (unpaired) electrons. The summed E-state index contributed by atoms with van der Waals surface area (Å²) in [5, 5.41) is 0. The van der Waals surface area contributed by atoms with Crippen LogP contribution in [0, 0.1) is 11.8 Å². The average molecular weight is 389 g/mol. The number of halogens is 1. The first-order valence-electron chi connectivity index (χ1n) is 10.4. The second kappa shape index (κ2) is 7.55. The number of hydrogen-bond acceptors (Lipinski definition) is 2. The second-order valence-corrected chi connectivity index (χ2v) is 7.90. The molecule has 0 spiro atoms. The number of alkyl halides is 1. The number of allylic oxidation sites excluding steroid dienone is 8. The maximum absolute atomic E-state index is 16.8. The minimum absolute atomic E-state index is 0.182. The Labute approximate surface area is 173 Å². The van der Waals surface area contributed by atoms with Gasteiger partial charge in [0.25, 0.3) is 0 Å². The van der Waals surface area contributed by atoms with E-state index in [2.05, 4.69) is 54.2 Å². The van der Waals surface area contributed by atoms with Gasteiger partial charge in [0.05, 0.1) is 11.4 Å². The number of benzene rings is 1. The molecule has 29 heavy (non-hydrogen) atoms. The van der Waals surface area contributed by atoms with Crippen LogP contribution < -0.4 is 4.90 Å². The molecule has 0 aromatic heterocycles. The Morgan fingerprint density at radius 3 is 2.48 bits per heavy atom. The molecular weight excluding hydrogens is 359 g/mol. The molecule has 4 unspecified atom stereocenters. The predicted molar refractivity (Wildman–Crippen MR) is 120 cm³/mol. The smallest absolute Gasteiger partial charge is 0.144 e. The van der Waals surface area contributed by atoms with E-state index in [0.717, 1.165) is 29.2 Å². The van der Waals surface area contributed by atoms with Gasteiger partial charge in [0.15, 0.2) is 0 Å². The van der Waals surface area contributed by atoms with Crippen molar-refractivity contribution < 1.29 is 4.39 Å². The zero-order valence-electron chi connectivity index (χ0n) is 17.3. The summed E-state index contributed by atoms with van der Waals surface area (Å²) < 4.78 is 16.8. The number of hydrogen-bond donors (Lipinski definition) is 0. The van der Waals surface area contributed by atoms with Crippen LogP contribution in [-0.2, 0) is 0 Å². The van der Waals surface area contributed by atoms with Crippen molar-refractivity contribution in [2.24, 2.45) is 11.8 Å². The van der Waals surface area contributed by atoms with Crippen LogP contribution in [0.25, 0.3) is 0 Å². The molecular formula is C26H29FN2. The van der Waals surface area contributed by atoms with Crippen molar-refractivity contribution in [2.75, 3.05) is 4.90 Å². The molecule has 0 N–H and O–H groups in total. The van der Waals surface area contributed by atoms with Crippen LogP contribution >= 0.6 is 0 Å². The van der Waals surface area contributed by atoms with Crippen molar-refractivity contribution in [1.82, 2.24) is 4.90 Å². The van der Waals surface area contributed by atoms with Gasteiger partial charge >= 0.3 is 0 Å². The lowest BCUT2D eigenvalue weighted by atomic mass is 9.69. The van der Waals surface area contributed by atoms with Gasteiger partial charge in [0, 0.05) is 23.2 Å². The summed E-state index contributed by atoms with van der Waals surface area (Å²) in [4.78, 5) is 4.51.